The predicted molar refractivity (Wildman–Crippen MR) is 109 cm³/mol. The highest BCUT2D eigenvalue weighted by Gasteiger charge is 2.42. The molecule has 1 aliphatic rings. The number of halogens is 2. The molecule has 3 atom stereocenters. The molecule has 0 bridgehead atoms. The second-order valence-corrected chi connectivity index (χ2v) is 7.99. The van der Waals surface area contributed by atoms with Crippen molar-refractivity contribution in [2.75, 3.05) is 19.6 Å². The summed E-state index contributed by atoms with van der Waals surface area (Å²) in [4.78, 5) is 14.3. The van der Waals surface area contributed by atoms with Gasteiger partial charge < -0.3 is 15.7 Å². The lowest BCUT2D eigenvalue weighted by Crippen LogP contribution is -2.55. The summed E-state index contributed by atoms with van der Waals surface area (Å²) in [6.45, 7) is 1.23. The van der Waals surface area contributed by atoms with E-state index in [-0.39, 0.29) is 18.7 Å². The highest BCUT2D eigenvalue weighted by atomic mass is 35.5. The molecule has 150 valence electrons. The van der Waals surface area contributed by atoms with Crippen LogP contribution in [-0.2, 0) is 6.42 Å². The van der Waals surface area contributed by atoms with Gasteiger partial charge in [-0.05, 0) is 30.5 Å². The number of rotatable bonds is 7. The number of hydrogen-bond acceptors (Lipinski definition) is 4. The van der Waals surface area contributed by atoms with Gasteiger partial charge in [-0.2, -0.15) is 0 Å². The summed E-state index contributed by atoms with van der Waals surface area (Å²) in [6.07, 6.45) is -0.321. The van der Waals surface area contributed by atoms with E-state index in [1.807, 2.05) is 23.1 Å². The van der Waals surface area contributed by atoms with Crippen molar-refractivity contribution in [2.45, 2.75) is 37.1 Å². The molecule has 0 aliphatic carbocycles. The van der Waals surface area contributed by atoms with Crippen LogP contribution in [0.2, 0.25) is 5.02 Å². The van der Waals surface area contributed by atoms with Crippen LogP contribution < -0.4 is 5.73 Å². The zero-order valence-corrected chi connectivity index (χ0v) is 16.5. The van der Waals surface area contributed by atoms with Gasteiger partial charge >= 0.3 is 0 Å². The van der Waals surface area contributed by atoms with Gasteiger partial charge in [0, 0.05) is 36.6 Å². The molecule has 1 aliphatic heterocycles. The molecule has 0 saturated carbocycles. The van der Waals surface area contributed by atoms with Crippen molar-refractivity contribution in [3.05, 3.63) is 70.7 Å². The van der Waals surface area contributed by atoms with Crippen molar-refractivity contribution in [2.24, 2.45) is 5.73 Å². The van der Waals surface area contributed by atoms with E-state index in [9.17, 15) is 14.3 Å². The number of aliphatic hydroxyl groups is 1. The largest absolute Gasteiger partial charge is 0.386 e. The molecule has 0 spiro atoms. The molecule has 3 N–H and O–H groups in total. The number of ketones is 1. The van der Waals surface area contributed by atoms with E-state index >= 15 is 0 Å². The lowest BCUT2D eigenvalue weighted by atomic mass is 9.83. The summed E-state index contributed by atoms with van der Waals surface area (Å²) in [5, 5.41) is 11.4. The standard InChI is InChI=1S/C22H26ClFN2O2/c23-18-8-6-16(7-9-18)14-22(28)11-13-26(15-20(22)24)12-10-19(25)21(27)17-4-2-1-3-5-17/h1-9,19-20,28H,10-15,25H2. The molecule has 2 aromatic carbocycles. The van der Waals surface area contributed by atoms with Crippen LogP contribution in [0.5, 0.6) is 0 Å². The van der Waals surface area contributed by atoms with Crippen LogP contribution in [0.1, 0.15) is 28.8 Å². The molecule has 6 heteroatoms. The normalized spacial score (nSPS) is 24.1. The van der Waals surface area contributed by atoms with Crippen LogP contribution in [0.4, 0.5) is 4.39 Å². The van der Waals surface area contributed by atoms with Crippen molar-refractivity contribution >= 4 is 17.4 Å². The molecule has 0 aromatic heterocycles. The number of benzene rings is 2. The lowest BCUT2D eigenvalue weighted by molar-refractivity contribution is -0.0840. The molecule has 0 radical (unpaired) electrons. The molecule has 28 heavy (non-hydrogen) atoms. The summed E-state index contributed by atoms with van der Waals surface area (Å²) in [7, 11) is 0. The zero-order valence-electron chi connectivity index (χ0n) is 15.7. The number of piperidine rings is 1. The molecular weight excluding hydrogens is 379 g/mol. The van der Waals surface area contributed by atoms with Crippen LogP contribution in [0.25, 0.3) is 0 Å². The second-order valence-electron chi connectivity index (χ2n) is 7.55. The van der Waals surface area contributed by atoms with E-state index in [2.05, 4.69) is 0 Å². The van der Waals surface area contributed by atoms with Gasteiger partial charge in [-0.1, -0.05) is 54.1 Å². The van der Waals surface area contributed by atoms with Gasteiger partial charge in [0.05, 0.1) is 6.04 Å². The number of carbonyl (C=O) groups excluding carboxylic acids is 1. The SMILES string of the molecule is NC(CCN1CCC(O)(Cc2ccc(Cl)cc2)C(F)C1)C(=O)c1ccccc1. The maximum Gasteiger partial charge on any atom is 0.179 e. The Balaban J connectivity index is 1.50. The number of carbonyl (C=O) groups is 1. The topological polar surface area (TPSA) is 66.6 Å². The average molecular weight is 405 g/mol. The van der Waals surface area contributed by atoms with Gasteiger partial charge in [0.15, 0.2) is 5.78 Å². The fourth-order valence-corrected chi connectivity index (χ4v) is 3.75. The van der Waals surface area contributed by atoms with Crippen LogP contribution in [0.15, 0.2) is 54.6 Å². The third-order valence-electron chi connectivity index (χ3n) is 5.44. The molecule has 0 amide bonds. The molecule has 3 unspecified atom stereocenters. The predicted octanol–water partition coefficient (Wildman–Crippen LogP) is 3.26. The van der Waals surface area contributed by atoms with E-state index in [1.54, 1.807) is 36.4 Å². The van der Waals surface area contributed by atoms with E-state index in [1.165, 1.54) is 0 Å². The molecule has 1 heterocycles. The van der Waals surface area contributed by atoms with Crippen LogP contribution in [0.3, 0.4) is 0 Å². The Morgan fingerprint density at radius 3 is 2.57 bits per heavy atom. The highest BCUT2D eigenvalue weighted by Crippen LogP contribution is 2.29. The fourth-order valence-electron chi connectivity index (χ4n) is 3.62. The summed E-state index contributed by atoms with van der Waals surface area (Å²) in [5.74, 6) is -0.103. The Morgan fingerprint density at radius 2 is 1.93 bits per heavy atom. The van der Waals surface area contributed by atoms with Crippen molar-refractivity contribution in [3.63, 3.8) is 0 Å². The van der Waals surface area contributed by atoms with Crippen LogP contribution in [0, 0.1) is 0 Å². The minimum atomic E-state index is -1.38. The van der Waals surface area contributed by atoms with E-state index in [0.717, 1.165) is 5.56 Å². The maximum absolute atomic E-state index is 14.8. The molecule has 1 fully saturated rings. The number of alkyl halides is 1. The molecule has 1 saturated heterocycles. The molecule has 2 aromatic rings. The third-order valence-corrected chi connectivity index (χ3v) is 5.69. The molecule has 4 nitrogen and oxygen atoms in total. The molecule has 3 rings (SSSR count). The first-order chi connectivity index (χ1) is 13.4. The van der Waals surface area contributed by atoms with Gasteiger partial charge in [0.25, 0.3) is 0 Å². The number of Topliss-reactive ketones (excluding diaryl/α,β-unsaturated/α-hetero) is 1. The smallest absolute Gasteiger partial charge is 0.179 e. The Morgan fingerprint density at radius 1 is 1.25 bits per heavy atom. The third kappa shape index (κ3) is 5.17. The maximum atomic E-state index is 14.8. The summed E-state index contributed by atoms with van der Waals surface area (Å²) >= 11 is 5.88. The van der Waals surface area contributed by atoms with Gasteiger partial charge in [-0.3, -0.25) is 4.79 Å². The van der Waals surface area contributed by atoms with Crippen LogP contribution in [-0.4, -0.2) is 53.2 Å². The van der Waals surface area contributed by atoms with Crippen LogP contribution >= 0.6 is 11.6 Å². The lowest BCUT2D eigenvalue weighted by Gasteiger charge is -2.41. The van der Waals surface area contributed by atoms with Gasteiger partial charge in [-0.25, -0.2) is 4.39 Å². The Kier molecular flexibility index (Phi) is 6.83. The number of hydrogen-bond donors (Lipinski definition) is 2. The fraction of sp³-hybridized carbons (Fsp3) is 0.409. The average Bonchev–Trinajstić information content (AvgIpc) is 2.70. The summed E-state index contributed by atoms with van der Waals surface area (Å²) < 4.78 is 14.8. The minimum absolute atomic E-state index is 0.103. The quantitative estimate of drug-likeness (QED) is 0.695. The minimum Gasteiger partial charge on any atom is -0.386 e. The van der Waals surface area contributed by atoms with Crippen molar-refractivity contribution in [1.82, 2.24) is 4.90 Å². The number of nitrogens with zero attached hydrogens (tertiary/aromatic N) is 1. The summed E-state index contributed by atoms with van der Waals surface area (Å²) in [5.41, 5.74) is 6.11. The van der Waals surface area contributed by atoms with Crippen molar-refractivity contribution in [1.29, 1.82) is 0 Å². The van der Waals surface area contributed by atoms with Gasteiger partial charge in [-0.15, -0.1) is 0 Å². The number of nitrogens with two attached hydrogens (primary N) is 1. The van der Waals surface area contributed by atoms with Gasteiger partial charge in [0.1, 0.15) is 11.8 Å². The monoisotopic (exact) mass is 404 g/mol. The highest BCUT2D eigenvalue weighted by molar-refractivity contribution is 6.30. The first-order valence-corrected chi connectivity index (χ1v) is 9.93. The first kappa shape index (κ1) is 20.9. The summed E-state index contributed by atoms with van der Waals surface area (Å²) in [6, 6.07) is 15.5. The van der Waals surface area contributed by atoms with Crippen molar-refractivity contribution in [3.8, 4) is 0 Å². The first-order valence-electron chi connectivity index (χ1n) is 9.55. The number of likely N-dealkylation sites (tertiary alicyclic amines) is 1. The Labute approximate surface area is 170 Å². The van der Waals surface area contributed by atoms with E-state index in [4.69, 9.17) is 17.3 Å². The Hall–Kier alpha value is -1.79. The Bertz CT molecular complexity index is 787. The molecular formula is C22H26ClFN2O2. The van der Waals surface area contributed by atoms with Crippen molar-refractivity contribution < 1.29 is 14.3 Å². The van der Waals surface area contributed by atoms with E-state index in [0.29, 0.717) is 36.5 Å². The van der Waals surface area contributed by atoms with E-state index < -0.39 is 17.8 Å². The van der Waals surface area contributed by atoms with Gasteiger partial charge in [0.2, 0.25) is 0 Å². The second kappa shape index (κ2) is 9.14. The zero-order chi connectivity index (χ0) is 20.1.